The third kappa shape index (κ3) is 3.31. The molecule has 1 aliphatic rings. The molecule has 21 heavy (non-hydrogen) atoms. The van der Waals surface area contributed by atoms with E-state index in [9.17, 15) is 15.0 Å². The lowest BCUT2D eigenvalue weighted by Crippen LogP contribution is -2.48. The molecule has 0 saturated heterocycles. The highest BCUT2D eigenvalue weighted by molar-refractivity contribution is 5.88. The second-order valence-electron chi connectivity index (χ2n) is 6.53. The molecule has 4 nitrogen and oxygen atoms in total. The maximum atomic E-state index is 11.8. The third-order valence-electron chi connectivity index (χ3n) is 4.67. The number of para-hydroxylation sites is 2. The fourth-order valence-corrected chi connectivity index (χ4v) is 3.54. The van der Waals surface area contributed by atoms with E-state index in [1.54, 1.807) is 24.3 Å². The van der Waals surface area contributed by atoms with Gasteiger partial charge in [0, 0.05) is 6.04 Å². The first kappa shape index (κ1) is 15.7. The van der Waals surface area contributed by atoms with Gasteiger partial charge in [-0.05, 0) is 42.7 Å². The summed E-state index contributed by atoms with van der Waals surface area (Å²) in [6.07, 6.45) is 2.05. The molecular weight excluding hydrogens is 266 g/mol. The summed E-state index contributed by atoms with van der Waals surface area (Å²) in [4.78, 5) is 13.2. The Bertz CT molecular complexity index is 501. The van der Waals surface area contributed by atoms with Crippen molar-refractivity contribution < 1.29 is 15.0 Å². The molecule has 0 heterocycles. The van der Waals surface area contributed by atoms with E-state index in [1.165, 1.54) is 4.90 Å². The van der Waals surface area contributed by atoms with E-state index >= 15 is 0 Å². The van der Waals surface area contributed by atoms with Gasteiger partial charge < -0.3 is 10.2 Å². The standard InChI is InChI=1S/C17H25NO3/c1-11(2)13-9-8-12(3)10-15(13)18(17(20)21)14-6-4-5-7-16(14)19/h4-7,11-13,15,19H,8-10H2,1-3H3,(H,20,21). The van der Waals surface area contributed by atoms with Crippen molar-refractivity contribution in [2.75, 3.05) is 4.90 Å². The minimum atomic E-state index is -0.985. The smallest absolute Gasteiger partial charge is 0.412 e. The normalized spacial score (nSPS) is 25.8. The van der Waals surface area contributed by atoms with Gasteiger partial charge in [-0.1, -0.05) is 39.3 Å². The van der Waals surface area contributed by atoms with E-state index < -0.39 is 6.09 Å². The quantitative estimate of drug-likeness (QED) is 0.871. The fourth-order valence-electron chi connectivity index (χ4n) is 3.54. The molecular formula is C17H25NO3. The maximum Gasteiger partial charge on any atom is 0.412 e. The van der Waals surface area contributed by atoms with E-state index in [4.69, 9.17) is 0 Å². The second kappa shape index (κ2) is 6.37. The summed E-state index contributed by atoms with van der Waals surface area (Å²) in [6.45, 7) is 6.48. The molecule has 2 rings (SSSR count). The zero-order valence-electron chi connectivity index (χ0n) is 13.0. The van der Waals surface area contributed by atoms with Crippen LogP contribution in [-0.4, -0.2) is 22.3 Å². The van der Waals surface area contributed by atoms with Crippen molar-refractivity contribution in [2.24, 2.45) is 17.8 Å². The molecule has 4 heteroatoms. The van der Waals surface area contributed by atoms with Crippen LogP contribution in [0.1, 0.15) is 40.0 Å². The SMILES string of the molecule is CC1CCC(C(C)C)C(N(C(=O)O)c2ccccc2O)C1. The number of rotatable bonds is 3. The molecule has 0 aromatic heterocycles. The van der Waals surface area contributed by atoms with Crippen molar-refractivity contribution in [2.45, 2.75) is 46.1 Å². The molecule has 0 aliphatic heterocycles. The van der Waals surface area contributed by atoms with Crippen molar-refractivity contribution in [1.82, 2.24) is 0 Å². The van der Waals surface area contributed by atoms with E-state index in [1.807, 2.05) is 0 Å². The van der Waals surface area contributed by atoms with Crippen LogP contribution in [0.5, 0.6) is 5.75 Å². The Balaban J connectivity index is 2.40. The second-order valence-corrected chi connectivity index (χ2v) is 6.53. The molecule has 3 unspecified atom stereocenters. The third-order valence-corrected chi connectivity index (χ3v) is 4.67. The van der Waals surface area contributed by atoms with E-state index in [0.717, 1.165) is 19.3 Å². The Labute approximate surface area is 126 Å². The molecule has 1 saturated carbocycles. The van der Waals surface area contributed by atoms with E-state index in [0.29, 0.717) is 23.4 Å². The molecule has 1 amide bonds. The van der Waals surface area contributed by atoms with Crippen molar-refractivity contribution in [3.8, 4) is 5.75 Å². The van der Waals surface area contributed by atoms with Crippen molar-refractivity contribution in [3.63, 3.8) is 0 Å². The Hall–Kier alpha value is -1.71. The number of hydrogen-bond donors (Lipinski definition) is 2. The van der Waals surface area contributed by atoms with Crippen LogP contribution in [0.15, 0.2) is 24.3 Å². The molecule has 116 valence electrons. The summed E-state index contributed by atoms with van der Waals surface area (Å²) in [5.74, 6) is 1.30. The molecule has 0 spiro atoms. The van der Waals surface area contributed by atoms with Gasteiger partial charge in [-0.15, -0.1) is 0 Å². The summed E-state index contributed by atoms with van der Waals surface area (Å²) >= 11 is 0. The summed E-state index contributed by atoms with van der Waals surface area (Å²) in [5.41, 5.74) is 0.398. The van der Waals surface area contributed by atoms with Gasteiger partial charge in [-0.2, -0.15) is 0 Å². The Kier molecular flexibility index (Phi) is 4.76. The summed E-state index contributed by atoms with van der Waals surface area (Å²) in [7, 11) is 0. The lowest BCUT2D eigenvalue weighted by atomic mass is 9.73. The molecule has 1 aromatic carbocycles. The van der Waals surface area contributed by atoms with Crippen LogP contribution in [-0.2, 0) is 0 Å². The first-order valence-electron chi connectivity index (χ1n) is 7.72. The number of carbonyl (C=O) groups is 1. The van der Waals surface area contributed by atoms with Gasteiger partial charge in [0.25, 0.3) is 0 Å². The van der Waals surface area contributed by atoms with Crippen LogP contribution >= 0.6 is 0 Å². The van der Waals surface area contributed by atoms with Crippen LogP contribution in [0, 0.1) is 17.8 Å². The largest absolute Gasteiger partial charge is 0.506 e. The summed E-state index contributed by atoms with van der Waals surface area (Å²) in [5, 5.41) is 19.8. The lowest BCUT2D eigenvalue weighted by Gasteiger charge is -2.42. The summed E-state index contributed by atoms with van der Waals surface area (Å²) in [6, 6.07) is 6.63. The van der Waals surface area contributed by atoms with E-state index in [2.05, 4.69) is 20.8 Å². The molecule has 1 aliphatic carbocycles. The van der Waals surface area contributed by atoms with Crippen molar-refractivity contribution in [3.05, 3.63) is 24.3 Å². The number of nitrogens with zero attached hydrogens (tertiary/aromatic N) is 1. The Morgan fingerprint density at radius 1 is 1.29 bits per heavy atom. The van der Waals surface area contributed by atoms with Gasteiger partial charge in [0.1, 0.15) is 5.75 Å². The summed E-state index contributed by atoms with van der Waals surface area (Å²) < 4.78 is 0. The molecule has 1 fully saturated rings. The lowest BCUT2D eigenvalue weighted by molar-refractivity contribution is 0.165. The molecule has 1 aromatic rings. The topological polar surface area (TPSA) is 60.8 Å². The highest BCUT2D eigenvalue weighted by atomic mass is 16.4. The predicted molar refractivity (Wildman–Crippen MR) is 83.7 cm³/mol. The van der Waals surface area contributed by atoms with Crippen LogP contribution < -0.4 is 4.90 Å². The van der Waals surface area contributed by atoms with Crippen LogP contribution in [0.3, 0.4) is 0 Å². The fraction of sp³-hybridized carbons (Fsp3) is 0.588. The zero-order chi connectivity index (χ0) is 15.6. The predicted octanol–water partition coefficient (Wildman–Crippen LogP) is 4.34. The minimum absolute atomic E-state index is 0.0284. The zero-order valence-corrected chi connectivity index (χ0v) is 13.0. The minimum Gasteiger partial charge on any atom is -0.506 e. The molecule has 0 radical (unpaired) electrons. The first-order valence-corrected chi connectivity index (χ1v) is 7.72. The van der Waals surface area contributed by atoms with Crippen molar-refractivity contribution in [1.29, 1.82) is 0 Å². The van der Waals surface area contributed by atoms with Gasteiger partial charge in [0.15, 0.2) is 0 Å². The highest BCUT2D eigenvalue weighted by Gasteiger charge is 2.38. The Morgan fingerprint density at radius 3 is 2.52 bits per heavy atom. The van der Waals surface area contributed by atoms with Gasteiger partial charge in [-0.3, -0.25) is 4.90 Å². The number of amides is 1. The monoisotopic (exact) mass is 291 g/mol. The maximum absolute atomic E-state index is 11.8. The highest BCUT2D eigenvalue weighted by Crippen LogP contribution is 2.40. The van der Waals surface area contributed by atoms with Gasteiger partial charge in [0.2, 0.25) is 0 Å². The van der Waals surface area contributed by atoms with E-state index in [-0.39, 0.29) is 11.8 Å². The number of phenolic OH excluding ortho intramolecular Hbond substituents is 1. The van der Waals surface area contributed by atoms with Crippen molar-refractivity contribution >= 4 is 11.8 Å². The Morgan fingerprint density at radius 2 is 1.95 bits per heavy atom. The number of anilines is 1. The van der Waals surface area contributed by atoms with Crippen LogP contribution in [0.4, 0.5) is 10.5 Å². The van der Waals surface area contributed by atoms with Gasteiger partial charge >= 0.3 is 6.09 Å². The number of aromatic hydroxyl groups is 1. The van der Waals surface area contributed by atoms with Gasteiger partial charge in [-0.25, -0.2) is 4.79 Å². The first-order chi connectivity index (χ1) is 9.91. The molecule has 0 bridgehead atoms. The average Bonchev–Trinajstić information content (AvgIpc) is 2.40. The number of carboxylic acid groups (broad SMARTS) is 1. The number of benzene rings is 1. The molecule has 3 atom stereocenters. The number of phenols is 1. The van der Waals surface area contributed by atoms with Gasteiger partial charge in [0.05, 0.1) is 5.69 Å². The van der Waals surface area contributed by atoms with Crippen LogP contribution in [0.2, 0.25) is 0 Å². The van der Waals surface area contributed by atoms with Crippen LogP contribution in [0.25, 0.3) is 0 Å². The number of hydrogen-bond acceptors (Lipinski definition) is 2. The molecule has 2 N–H and O–H groups in total. The average molecular weight is 291 g/mol.